The van der Waals surface area contributed by atoms with E-state index in [4.69, 9.17) is 0 Å². The van der Waals surface area contributed by atoms with Gasteiger partial charge in [0.1, 0.15) is 0 Å². The third-order valence-electron chi connectivity index (χ3n) is 3.90. The fourth-order valence-electron chi connectivity index (χ4n) is 2.78. The van der Waals surface area contributed by atoms with Gasteiger partial charge in [-0.2, -0.15) is 0 Å². The summed E-state index contributed by atoms with van der Waals surface area (Å²) in [5.41, 5.74) is 4.06. The second-order valence-electron chi connectivity index (χ2n) is 5.38. The van der Waals surface area contributed by atoms with Crippen LogP contribution < -0.4 is 10.2 Å². The highest BCUT2D eigenvalue weighted by molar-refractivity contribution is 5.56. The molecule has 2 nitrogen and oxygen atoms in total. The molecule has 0 atom stereocenters. The fourth-order valence-corrected chi connectivity index (χ4v) is 2.78. The molecule has 108 valence electrons. The van der Waals surface area contributed by atoms with E-state index in [1.165, 1.54) is 16.8 Å². The van der Waals surface area contributed by atoms with Crippen LogP contribution >= 0.6 is 0 Å². The molecule has 1 saturated heterocycles. The topological polar surface area (TPSA) is 15.3 Å². The Balaban J connectivity index is 1.71. The Morgan fingerprint density at radius 1 is 0.905 bits per heavy atom. The number of nitrogens with zero attached hydrogens (tertiary/aromatic N) is 1. The summed E-state index contributed by atoms with van der Waals surface area (Å²) in [5, 5.41) is 3.41. The Morgan fingerprint density at radius 3 is 2.43 bits per heavy atom. The predicted octanol–water partition coefficient (Wildman–Crippen LogP) is 3.35. The average molecular weight is 278 g/mol. The summed E-state index contributed by atoms with van der Waals surface area (Å²) in [6.45, 7) is 4.35. The van der Waals surface area contributed by atoms with E-state index in [-0.39, 0.29) is 0 Å². The first-order valence-electron chi connectivity index (χ1n) is 7.69. The van der Waals surface area contributed by atoms with Gasteiger partial charge in [-0.25, -0.2) is 0 Å². The molecule has 1 N–H and O–H groups in total. The Bertz CT molecular complexity index is 584. The maximum Gasteiger partial charge on any atom is 0.0402 e. The third-order valence-corrected chi connectivity index (χ3v) is 3.90. The first-order chi connectivity index (χ1) is 10.4. The molecule has 0 saturated carbocycles. The van der Waals surface area contributed by atoms with Crippen LogP contribution in [-0.2, 0) is 6.42 Å². The Hall–Kier alpha value is -2.06. The van der Waals surface area contributed by atoms with E-state index in [0.717, 1.165) is 32.6 Å². The lowest BCUT2D eigenvalue weighted by atomic mass is 10.1. The van der Waals surface area contributed by atoms with Crippen molar-refractivity contribution < 1.29 is 0 Å². The highest BCUT2D eigenvalue weighted by Crippen LogP contribution is 2.21. The minimum Gasteiger partial charge on any atom is -0.369 e. The first-order valence-corrected chi connectivity index (χ1v) is 7.69. The average Bonchev–Trinajstić information content (AvgIpc) is 2.57. The SMILES string of the molecule is C(=Cc1ccccc1)Cc1ccccc1N1CCNCC1. The second-order valence-corrected chi connectivity index (χ2v) is 5.38. The van der Waals surface area contributed by atoms with Gasteiger partial charge in [-0.05, 0) is 23.6 Å². The van der Waals surface area contributed by atoms with Crippen molar-refractivity contribution in [2.75, 3.05) is 31.1 Å². The van der Waals surface area contributed by atoms with Gasteiger partial charge in [-0.15, -0.1) is 0 Å². The zero-order valence-electron chi connectivity index (χ0n) is 12.3. The van der Waals surface area contributed by atoms with E-state index in [1.807, 2.05) is 0 Å². The number of piperazine rings is 1. The van der Waals surface area contributed by atoms with E-state index in [1.54, 1.807) is 0 Å². The predicted molar refractivity (Wildman–Crippen MR) is 90.7 cm³/mol. The van der Waals surface area contributed by atoms with E-state index in [2.05, 4.69) is 77.0 Å². The van der Waals surface area contributed by atoms with Gasteiger partial charge in [0.15, 0.2) is 0 Å². The number of rotatable bonds is 4. The lowest BCUT2D eigenvalue weighted by Crippen LogP contribution is -2.43. The molecular formula is C19H22N2. The Labute approximate surface area is 127 Å². The first kappa shape index (κ1) is 13.9. The minimum atomic E-state index is 0.981. The number of hydrogen-bond acceptors (Lipinski definition) is 2. The third kappa shape index (κ3) is 3.73. The monoisotopic (exact) mass is 278 g/mol. The van der Waals surface area contributed by atoms with Crippen molar-refractivity contribution in [1.82, 2.24) is 5.32 Å². The van der Waals surface area contributed by atoms with E-state index in [0.29, 0.717) is 0 Å². The Kier molecular flexibility index (Phi) is 4.70. The molecule has 0 spiro atoms. The summed E-state index contributed by atoms with van der Waals surface area (Å²) in [5.74, 6) is 0. The van der Waals surface area contributed by atoms with Crippen LogP contribution in [0.2, 0.25) is 0 Å². The molecule has 3 rings (SSSR count). The molecule has 0 aliphatic carbocycles. The van der Waals surface area contributed by atoms with Crippen molar-refractivity contribution in [1.29, 1.82) is 0 Å². The van der Waals surface area contributed by atoms with Crippen LogP contribution in [0.25, 0.3) is 6.08 Å². The van der Waals surface area contributed by atoms with Crippen LogP contribution in [0.3, 0.4) is 0 Å². The maximum atomic E-state index is 3.41. The highest BCUT2D eigenvalue weighted by Gasteiger charge is 2.12. The molecule has 1 aliphatic rings. The van der Waals surface area contributed by atoms with Crippen molar-refractivity contribution in [3.8, 4) is 0 Å². The normalized spacial score (nSPS) is 15.5. The molecule has 21 heavy (non-hydrogen) atoms. The quantitative estimate of drug-likeness (QED) is 0.922. The van der Waals surface area contributed by atoms with Gasteiger partial charge in [-0.1, -0.05) is 60.7 Å². The number of allylic oxidation sites excluding steroid dienone is 1. The van der Waals surface area contributed by atoms with Gasteiger partial charge >= 0.3 is 0 Å². The summed E-state index contributed by atoms with van der Waals surface area (Å²) in [4.78, 5) is 2.49. The number of nitrogens with one attached hydrogen (secondary N) is 1. The molecule has 2 aromatic carbocycles. The van der Waals surface area contributed by atoms with E-state index < -0.39 is 0 Å². The zero-order valence-corrected chi connectivity index (χ0v) is 12.3. The summed E-state index contributed by atoms with van der Waals surface area (Å²) in [6.07, 6.45) is 5.44. The molecule has 0 radical (unpaired) electrons. The summed E-state index contributed by atoms with van der Waals surface area (Å²) >= 11 is 0. The van der Waals surface area contributed by atoms with Crippen molar-refractivity contribution in [3.63, 3.8) is 0 Å². The molecule has 1 aliphatic heterocycles. The van der Waals surface area contributed by atoms with Gasteiger partial charge in [0.2, 0.25) is 0 Å². The molecule has 2 aromatic rings. The molecule has 0 amide bonds. The molecule has 0 aromatic heterocycles. The minimum absolute atomic E-state index is 0.981. The van der Waals surface area contributed by atoms with Crippen LogP contribution in [0.4, 0.5) is 5.69 Å². The van der Waals surface area contributed by atoms with Crippen LogP contribution in [0.15, 0.2) is 60.7 Å². The van der Waals surface area contributed by atoms with Gasteiger partial charge < -0.3 is 10.2 Å². The number of hydrogen-bond donors (Lipinski definition) is 1. The van der Waals surface area contributed by atoms with Crippen LogP contribution in [-0.4, -0.2) is 26.2 Å². The van der Waals surface area contributed by atoms with Crippen LogP contribution in [0.5, 0.6) is 0 Å². The van der Waals surface area contributed by atoms with Gasteiger partial charge in [0, 0.05) is 31.9 Å². The van der Waals surface area contributed by atoms with Crippen molar-refractivity contribution >= 4 is 11.8 Å². The number of anilines is 1. The van der Waals surface area contributed by atoms with Gasteiger partial charge in [0.05, 0.1) is 0 Å². The maximum absolute atomic E-state index is 3.41. The summed E-state index contributed by atoms with van der Waals surface area (Å²) < 4.78 is 0. The lowest BCUT2D eigenvalue weighted by molar-refractivity contribution is 0.588. The summed E-state index contributed by atoms with van der Waals surface area (Å²) in [6, 6.07) is 19.3. The second kappa shape index (κ2) is 7.09. The van der Waals surface area contributed by atoms with Crippen molar-refractivity contribution in [2.45, 2.75) is 6.42 Å². The van der Waals surface area contributed by atoms with E-state index >= 15 is 0 Å². The number of benzene rings is 2. The molecule has 2 heteroatoms. The summed E-state index contributed by atoms with van der Waals surface area (Å²) in [7, 11) is 0. The van der Waals surface area contributed by atoms with Crippen LogP contribution in [0.1, 0.15) is 11.1 Å². The standard InChI is InChI=1S/C19H22N2/c1-2-7-17(8-3-1)9-6-11-18-10-4-5-12-19(18)21-15-13-20-14-16-21/h1-10,12,20H,11,13-16H2. The molecule has 0 unspecified atom stereocenters. The van der Waals surface area contributed by atoms with E-state index in [9.17, 15) is 0 Å². The molecule has 1 fully saturated rings. The zero-order chi connectivity index (χ0) is 14.3. The molecular weight excluding hydrogens is 256 g/mol. The largest absolute Gasteiger partial charge is 0.369 e. The number of para-hydroxylation sites is 1. The van der Waals surface area contributed by atoms with Crippen molar-refractivity contribution in [2.24, 2.45) is 0 Å². The molecule has 1 heterocycles. The van der Waals surface area contributed by atoms with Crippen LogP contribution in [0, 0.1) is 0 Å². The molecule has 0 bridgehead atoms. The van der Waals surface area contributed by atoms with Gasteiger partial charge in [-0.3, -0.25) is 0 Å². The van der Waals surface area contributed by atoms with Gasteiger partial charge in [0.25, 0.3) is 0 Å². The Morgan fingerprint density at radius 2 is 1.62 bits per heavy atom. The lowest BCUT2D eigenvalue weighted by Gasteiger charge is -2.31. The fraction of sp³-hybridized carbons (Fsp3) is 0.263. The van der Waals surface area contributed by atoms with Crippen molar-refractivity contribution in [3.05, 3.63) is 71.8 Å². The smallest absolute Gasteiger partial charge is 0.0402 e. The highest BCUT2D eigenvalue weighted by atomic mass is 15.2.